The second-order valence-electron chi connectivity index (χ2n) is 4.46. The summed E-state index contributed by atoms with van der Waals surface area (Å²) >= 11 is 6.13. The molecule has 1 heterocycles. The second kappa shape index (κ2) is 6.77. The average Bonchev–Trinajstić information content (AvgIpc) is 2.37. The van der Waals surface area contributed by atoms with Crippen LogP contribution in [0.4, 0.5) is 8.78 Å². The van der Waals surface area contributed by atoms with E-state index in [1.165, 1.54) is 12.1 Å². The molecule has 2 nitrogen and oxygen atoms in total. The van der Waals surface area contributed by atoms with E-state index in [0.717, 1.165) is 6.07 Å². The lowest BCUT2D eigenvalue weighted by atomic mass is 10.0. The van der Waals surface area contributed by atoms with Crippen LogP contribution in [0.1, 0.15) is 24.2 Å². The number of hydrogen-bond acceptors (Lipinski definition) is 2. The molecule has 5 heteroatoms. The van der Waals surface area contributed by atoms with Gasteiger partial charge in [0, 0.05) is 12.3 Å². The third-order valence-electron chi connectivity index (χ3n) is 2.93. The summed E-state index contributed by atoms with van der Waals surface area (Å²) in [6.07, 6.45) is 2.07. The highest BCUT2D eigenvalue weighted by Crippen LogP contribution is 2.24. The fourth-order valence-corrected chi connectivity index (χ4v) is 2.38. The number of benzene rings is 1. The van der Waals surface area contributed by atoms with Crippen molar-refractivity contribution in [1.29, 1.82) is 0 Å². The van der Waals surface area contributed by atoms with Crippen LogP contribution in [-0.2, 0) is 6.42 Å². The Morgan fingerprint density at radius 1 is 1.25 bits per heavy atom. The first-order valence-electron chi connectivity index (χ1n) is 6.39. The van der Waals surface area contributed by atoms with Crippen molar-refractivity contribution in [2.75, 3.05) is 6.54 Å². The number of hydrogen-bond donors (Lipinski definition) is 1. The molecule has 0 amide bonds. The molecule has 0 radical (unpaired) electrons. The fourth-order valence-electron chi connectivity index (χ4n) is 2.13. The Labute approximate surface area is 121 Å². The molecule has 0 aliphatic carbocycles. The monoisotopic (exact) mass is 296 g/mol. The van der Waals surface area contributed by atoms with E-state index in [1.54, 1.807) is 18.3 Å². The molecular formula is C15H15ClF2N2. The van der Waals surface area contributed by atoms with Crippen LogP contribution in [-0.4, -0.2) is 11.5 Å². The third-order valence-corrected chi connectivity index (χ3v) is 3.25. The van der Waals surface area contributed by atoms with E-state index in [2.05, 4.69) is 10.3 Å². The molecule has 0 saturated heterocycles. The highest BCUT2D eigenvalue weighted by atomic mass is 35.5. The summed E-state index contributed by atoms with van der Waals surface area (Å²) in [4.78, 5) is 4.26. The zero-order valence-corrected chi connectivity index (χ0v) is 11.8. The molecular weight excluding hydrogens is 282 g/mol. The highest BCUT2D eigenvalue weighted by Gasteiger charge is 2.16. The molecule has 1 aromatic carbocycles. The summed E-state index contributed by atoms with van der Waals surface area (Å²) in [7, 11) is 0. The Kier molecular flexibility index (Phi) is 5.04. The van der Waals surface area contributed by atoms with Gasteiger partial charge in [0.05, 0.1) is 16.8 Å². The lowest BCUT2D eigenvalue weighted by molar-refractivity contribution is 0.528. The molecule has 20 heavy (non-hydrogen) atoms. The van der Waals surface area contributed by atoms with E-state index < -0.39 is 11.6 Å². The molecule has 0 fully saturated rings. The third kappa shape index (κ3) is 3.74. The van der Waals surface area contributed by atoms with Crippen LogP contribution < -0.4 is 5.32 Å². The highest BCUT2D eigenvalue weighted by molar-refractivity contribution is 6.31. The van der Waals surface area contributed by atoms with Crippen molar-refractivity contribution < 1.29 is 8.78 Å². The van der Waals surface area contributed by atoms with Crippen LogP contribution in [0.2, 0.25) is 5.02 Å². The molecule has 2 rings (SSSR count). The molecule has 106 valence electrons. The minimum absolute atomic E-state index is 0.185. The summed E-state index contributed by atoms with van der Waals surface area (Å²) in [6, 6.07) is 6.82. The van der Waals surface area contributed by atoms with Gasteiger partial charge in [-0.3, -0.25) is 4.98 Å². The minimum atomic E-state index is -0.581. The van der Waals surface area contributed by atoms with E-state index in [9.17, 15) is 8.78 Å². The van der Waals surface area contributed by atoms with Gasteiger partial charge in [-0.25, -0.2) is 8.78 Å². The first-order chi connectivity index (χ1) is 9.60. The number of likely N-dealkylation sites (N-methyl/N-ethyl adjacent to an activating group) is 1. The Balaban J connectivity index is 2.28. The topological polar surface area (TPSA) is 24.9 Å². The number of rotatable bonds is 5. The number of halogens is 3. The van der Waals surface area contributed by atoms with Crippen LogP contribution in [0.3, 0.4) is 0 Å². The number of nitrogens with zero attached hydrogens (tertiary/aromatic N) is 1. The summed E-state index contributed by atoms with van der Waals surface area (Å²) in [5.74, 6) is -1.16. The molecule has 0 saturated carbocycles. The van der Waals surface area contributed by atoms with Crippen LogP contribution in [0.15, 0.2) is 36.5 Å². The number of aromatic nitrogens is 1. The molecule has 0 aliphatic rings. The van der Waals surface area contributed by atoms with Crippen molar-refractivity contribution in [2.24, 2.45) is 0 Å². The standard InChI is InChI=1S/C15H15ClF2N2/c1-2-19-14(15-13(16)4-3-5-20-15)8-10-6-11(17)9-12(18)7-10/h3-7,9,14,19H,2,8H2,1H3. The second-order valence-corrected chi connectivity index (χ2v) is 4.87. The number of nitrogens with one attached hydrogen (secondary N) is 1. The maximum absolute atomic E-state index is 13.2. The van der Waals surface area contributed by atoms with Crippen molar-refractivity contribution in [3.05, 3.63) is 64.4 Å². The molecule has 1 unspecified atom stereocenters. The van der Waals surface area contributed by atoms with Gasteiger partial charge in [0.1, 0.15) is 11.6 Å². The molecule has 0 spiro atoms. The fraction of sp³-hybridized carbons (Fsp3) is 0.267. The van der Waals surface area contributed by atoms with Crippen LogP contribution in [0.5, 0.6) is 0 Å². The van der Waals surface area contributed by atoms with Crippen molar-refractivity contribution in [2.45, 2.75) is 19.4 Å². The Hall–Kier alpha value is -1.52. The zero-order valence-electron chi connectivity index (χ0n) is 11.0. The van der Waals surface area contributed by atoms with Crippen molar-refractivity contribution >= 4 is 11.6 Å². The van der Waals surface area contributed by atoms with Gasteiger partial charge < -0.3 is 5.32 Å². The lowest BCUT2D eigenvalue weighted by Gasteiger charge is -2.18. The Morgan fingerprint density at radius 2 is 1.95 bits per heavy atom. The first-order valence-corrected chi connectivity index (χ1v) is 6.76. The first kappa shape index (κ1) is 14.9. The predicted molar refractivity (Wildman–Crippen MR) is 75.7 cm³/mol. The molecule has 1 N–H and O–H groups in total. The van der Waals surface area contributed by atoms with E-state index in [-0.39, 0.29) is 6.04 Å². The van der Waals surface area contributed by atoms with Gasteiger partial charge in [0.2, 0.25) is 0 Å². The van der Waals surface area contributed by atoms with Gasteiger partial charge in [-0.2, -0.15) is 0 Å². The van der Waals surface area contributed by atoms with Gasteiger partial charge >= 0.3 is 0 Å². The largest absolute Gasteiger partial charge is 0.309 e. The SMILES string of the molecule is CCNC(Cc1cc(F)cc(F)c1)c1ncccc1Cl. The summed E-state index contributed by atoms with van der Waals surface area (Å²) < 4.78 is 26.5. The van der Waals surface area contributed by atoms with Gasteiger partial charge in [-0.1, -0.05) is 18.5 Å². The smallest absolute Gasteiger partial charge is 0.126 e. The molecule has 2 aromatic rings. The van der Waals surface area contributed by atoms with Crippen molar-refractivity contribution in [3.8, 4) is 0 Å². The summed E-state index contributed by atoms with van der Waals surface area (Å²) in [5.41, 5.74) is 1.25. The zero-order chi connectivity index (χ0) is 14.5. The summed E-state index contributed by atoms with van der Waals surface area (Å²) in [5, 5.41) is 3.77. The van der Waals surface area contributed by atoms with E-state index in [1.807, 2.05) is 6.92 Å². The molecule has 0 aliphatic heterocycles. The summed E-state index contributed by atoms with van der Waals surface area (Å²) in [6.45, 7) is 2.66. The van der Waals surface area contributed by atoms with Crippen molar-refractivity contribution in [1.82, 2.24) is 10.3 Å². The van der Waals surface area contributed by atoms with E-state index in [4.69, 9.17) is 11.6 Å². The van der Waals surface area contributed by atoms with Gasteiger partial charge in [0.15, 0.2) is 0 Å². The maximum Gasteiger partial charge on any atom is 0.126 e. The van der Waals surface area contributed by atoms with Crippen LogP contribution in [0.25, 0.3) is 0 Å². The minimum Gasteiger partial charge on any atom is -0.309 e. The Morgan fingerprint density at radius 3 is 2.55 bits per heavy atom. The van der Waals surface area contributed by atoms with Gasteiger partial charge in [0.25, 0.3) is 0 Å². The van der Waals surface area contributed by atoms with Crippen LogP contribution in [0, 0.1) is 11.6 Å². The van der Waals surface area contributed by atoms with E-state index >= 15 is 0 Å². The molecule has 0 bridgehead atoms. The van der Waals surface area contributed by atoms with Gasteiger partial charge in [-0.15, -0.1) is 0 Å². The predicted octanol–water partition coefficient (Wildman–Crippen LogP) is 3.91. The van der Waals surface area contributed by atoms with Gasteiger partial charge in [-0.05, 0) is 42.8 Å². The van der Waals surface area contributed by atoms with Crippen LogP contribution >= 0.6 is 11.6 Å². The number of pyridine rings is 1. The lowest BCUT2D eigenvalue weighted by Crippen LogP contribution is -2.24. The Bertz CT molecular complexity index is 570. The van der Waals surface area contributed by atoms with E-state index in [0.29, 0.717) is 29.2 Å². The molecule has 1 aromatic heterocycles. The normalized spacial score (nSPS) is 12.4. The molecule has 1 atom stereocenters. The quantitative estimate of drug-likeness (QED) is 0.905. The van der Waals surface area contributed by atoms with Crippen molar-refractivity contribution in [3.63, 3.8) is 0 Å². The average molecular weight is 297 g/mol. The maximum atomic E-state index is 13.2.